The van der Waals surface area contributed by atoms with E-state index in [2.05, 4.69) is 10.0 Å². The summed E-state index contributed by atoms with van der Waals surface area (Å²) in [6.45, 7) is 5.39. The molecular formula is C19H28N2O3S. The molecule has 3 rings (SSSR count). The van der Waals surface area contributed by atoms with Crippen molar-refractivity contribution < 1.29 is 13.2 Å². The molecule has 3 atom stereocenters. The number of sulfonamides is 1. The number of benzene rings is 1. The van der Waals surface area contributed by atoms with Gasteiger partial charge in [0.1, 0.15) is 0 Å². The Kier molecular flexibility index (Phi) is 4.95. The maximum atomic E-state index is 12.4. The van der Waals surface area contributed by atoms with Crippen molar-refractivity contribution in [2.24, 2.45) is 17.8 Å². The summed E-state index contributed by atoms with van der Waals surface area (Å²) in [7, 11) is -3.61. The van der Waals surface area contributed by atoms with Crippen LogP contribution < -0.4 is 10.0 Å². The number of hydrogen-bond donors (Lipinski definition) is 2. The summed E-state index contributed by atoms with van der Waals surface area (Å²) in [5.74, 6) is 2.00. The van der Waals surface area contributed by atoms with E-state index in [-0.39, 0.29) is 10.8 Å². The van der Waals surface area contributed by atoms with Crippen molar-refractivity contribution in [1.82, 2.24) is 4.72 Å². The number of carbonyl (C=O) groups excluding carboxylic acids is 1. The maximum absolute atomic E-state index is 12.4. The van der Waals surface area contributed by atoms with Gasteiger partial charge in [0.15, 0.2) is 0 Å². The molecular weight excluding hydrogens is 336 g/mol. The van der Waals surface area contributed by atoms with E-state index in [0.29, 0.717) is 23.9 Å². The van der Waals surface area contributed by atoms with E-state index in [0.717, 1.165) is 5.92 Å². The highest BCUT2D eigenvalue weighted by Crippen LogP contribution is 2.49. The van der Waals surface area contributed by atoms with E-state index in [1.807, 2.05) is 0 Å². The molecule has 0 heterocycles. The topological polar surface area (TPSA) is 75.3 Å². The molecule has 0 aromatic heterocycles. The molecule has 0 unspecified atom stereocenters. The van der Waals surface area contributed by atoms with Crippen LogP contribution in [-0.4, -0.2) is 19.9 Å². The van der Waals surface area contributed by atoms with Gasteiger partial charge in [0, 0.05) is 17.6 Å². The molecule has 1 aromatic rings. The number of carbonyl (C=O) groups is 1. The minimum absolute atomic E-state index is 0.0177. The van der Waals surface area contributed by atoms with Crippen LogP contribution in [-0.2, 0) is 14.8 Å². The SMILES string of the molecule is CC(C)(C)NS(=O)(=O)c1cccc(NC(=O)C[C@H]2C[C@@H]3CC[C@@H]2C3)c1. The quantitative estimate of drug-likeness (QED) is 0.839. The Morgan fingerprint density at radius 2 is 1.96 bits per heavy atom. The molecule has 2 saturated carbocycles. The van der Waals surface area contributed by atoms with Gasteiger partial charge in [0.2, 0.25) is 15.9 Å². The molecule has 2 fully saturated rings. The van der Waals surface area contributed by atoms with Crippen molar-refractivity contribution in [3.05, 3.63) is 24.3 Å². The zero-order chi connectivity index (χ0) is 18.2. The zero-order valence-corrected chi connectivity index (χ0v) is 16.0. The van der Waals surface area contributed by atoms with Crippen LogP contribution in [0.25, 0.3) is 0 Å². The summed E-state index contributed by atoms with van der Waals surface area (Å²) in [5.41, 5.74) is -0.0233. The Balaban J connectivity index is 1.64. The largest absolute Gasteiger partial charge is 0.326 e. The number of nitrogens with one attached hydrogen (secondary N) is 2. The second-order valence-corrected chi connectivity index (χ2v) is 10.3. The average Bonchev–Trinajstić information content (AvgIpc) is 3.07. The molecule has 1 aromatic carbocycles. The van der Waals surface area contributed by atoms with Crippen molar-refractivity contribution in [2.75, 3.05) is 5.32 Å². The van der Waals surface area contributed by atoms with Crippen molar-refractivity contribution in [2.45, 2.75) is 63.3 Å². The first-order valence-electron chi connectivity index (χ1n) is 9.06. The number of fused-ring (bicyclic) bond motifs is 2. The maximum Gasteiger partial charge on any atom is 0.241 e. The molecule has 0 saturated heterocycles. The fraction of sp³-hybridized carbons (Fsp3) is 0.632. The van der Waals surface area contributed by atoms with Gasteiger partial charge in [-0.1, -0.05) is 12.5 Å². The van der Waals surface area contributed by atoms with Crippen molar-refractivity contribution >= 4 is 21.6 Å². The molecule has 0 spiro atoms. The summed E-state index contributed by atoms with van der Waals surface area (Å²) in [6, 6.07) is 6.45. The first-order valence-corrected chi connectivity index (χ1v) is 10.5. The smallest absolute Gasteiger partial charge is 0.241 e. The van der Waals surface area contributed by atoms with Gasteiger partial charge in [-0.25, -0.2) is 13.1 Å². The molecule has 2 bridgehead atoms. The zero-order valence-electron chi connectivity index (χ0n) is 15.2. The Morgan fingerprint density at radius 1 is 1.20 bits per heavy atom. The van der Waals surface area contributed by atoms with Gasteiger partial charge in [0.05, 0.1) is 4.90 Å². The van der Waals surface area contributed by atoms with Crippen molar-refractivity contribution in [3.63, 3.8) is 0 Å². The van der Waals surface area contributed by atoms with E-state index < -0.39 is 15.6 Å². The van der Waals surface area contributed by atoms with E-state index >= 15 is 0 Å². The number of rotatable bonds is 5. The Morgan fingerprint density at radius 3 is 2.56 bits per heavy atom. The third-order valence-electron chi connectivity index (χ3n) is 5.20. The highest BCUT2D eigenvalue weighted by molar-refractivity contribution is 7.89. The lowest BCUT2D eigenvalue weighted by Crippen LogP contribution is -2.40. The van der Waals surface area contributed by atoms with Gasteiger partial charge in [-0.05, 0) is 76.0 Å². The fourth-order valence-electron chi connectivity index (χ4n) is 4.28. The van der Waals surface area contributed by atoms with E-state index in [4.69, 9.17) is 0 Å². The molecule has 2 aliphatic carbocycles. The van der Waals surface area contributed by atoms with Gasteiger partial charge in [0.25, 0.3) is 0 Å². The van der Waals surface area contributed by atoms with Crippen molar-refractivity contribution in [3.8, 4) is 0 Å². The predicted octanol–water partition coefficient (Wildman–Crippen LogP) is 3.53. The second kappa shape index (κ2) is 6.72. The van der Waals surface area contributed by atoms with Crippen LogP contribution in [0.3, 0.4) is 0 Å². The summed E-state index contributed by atoms with van der Waals surface area (Å²) in [5, 5.41) is 2.87. The van der Waals surface area contributed by atoms with Gasteiger partial charge in [-0.15, -0.1) is 0 Å². The lowest BCUT2D eigenvalue weighted by Gasteiger charge is -2.21. The molecule has 5 nitrogen and oxygen atoms in total. The van der Waals surface area contributed by atoms with Crippen LogP contribution >= 0.6 is 0 Å². The van der Waals surface area contributed by atoms with E-state index in [1.54, 1.807) is 39.0 Å². The van der Waals surface area contributed by atoms with Gasteiger partial charge in [-0.2, -0.15) is 0 Å². The molecule has 138 valence electrons. The lowest BCUT2D eigenvalue weighted by molar-refractivity contribution is -0.117. The summed E-state index contributed by atoms with van der Waals surface area (Å²) < 4.78 is 27.5. The van der Waals surface area contributed by atoms with E-state index in [9.17, 15) is 13.2 Å². The summed E-state index contributed by atoms with van der Waals surface area (Å²) in [4.78, 5) is 12.5. The first-order chi connectivity index (χ1) is 11.6. The van der Waals surface area contributed by atoms with Crippen LogP contribution in [0.2, 0.25) is 0 Å². The standard InChI is InChI=1S/C19H28N2O3S/c1-19(2,3)21-25(23,24)17-6-4-5-16(12-17)20-18(22)11-15-10-13-7-8-14(15)9-13/h4-6,12-15,21H,7-11H2,1-3H3,(H,20,22)/t13-,14-,15-/m1/s1. The molecule has 25 heavy (non-hydrogen) atoms. The third kappa shape index (κ3) is 4.61. The first kappa shape index (κ1) is 18.4. The molecule has 2 aliphatic rings. The van der Waals surface area contributed by atoms with Crippen LogP contribution in [0.15, 0.2) is 29.2 Å². The van der Waals surface area contributed by atoms with Crippen molar-refractivity contribution in [1.29, 1.82) is 0 Å². The number of amides is 1. The molecule has 2 N–H and O–H groups in total. The summed E-state index contributed by atoms with van der Waals surface area (Å²) in [6.07, 6.45) is 5.57. The average molecular weight is 365 g/mol. The minimum Gasteiger partial charge on any atom is -0.326 e. The van der Waals surface area contributed by atoms with Gasteiger partial charge in [-0.3, -0.25) is 4.79 Å². The van der Waals surface area contributed by atoms with Gasteiger partial charge >= 0.3 is 0 Å². The Labute approximate surface area is 150 Å². The predicted molar refractivity (Wildman–Crippen MR) is 98.7 cm³/mol. The fourth-order valence-corrected chi connectivity index (χ4v) is 5.74. The summed E-state index contributed by atoms with van der Waals surface area (Å²) >= 11 is 0. The van der Waals surface area contributed by atoms with Crippen LogP contribution in [0, 0.1) is 17.8 Å². The minimum atomic E-state index is -3.61. The lowest BCUT2D eigenvalue weighted by atomic mass is 9.86. The highest BCUT2D eigenvalue weighted by Gasteiger charge is 2.40. The highest BCUT2D eigenvalue weighted by atomic mass is 32.2. The second-order valence-electron chi connectivity index (χ2n) is 8.57. The van der Waals surface area contributed by atoms with Crippen LogP contribution in [0.4, 0.5) is 5.69 Å². The van der Waals surface area contributed by atoms with Crippen LogP contribution in [0.5, 0.6) is 0 Å². The normalized spacial score (nSPS) is 26.0. The monoisotopic (exact) mass is 364 g/mol. The number of hydrogen-bond acceptors (Lipinski definition) is 3. The Bertz CT molecular complexity index is 752. The number of anilines is 1. The molecule has 1 amide bonds. The molecule has 0 aliphatic heterocycles. The van der Waals surface area contributed by atoms with Crippen LogP contribution in [0.1, 0.15) is 52.9 Å². The Hall–Kier alpha value is -1.40. The molecule has 0 radical (unpaired) electrons. The van der Waals surface area contributed by atoms with E-state index in [1.165, 1.54) is 31.7 Å². The molecule has 6 heteroatoms. The van der Waals surface area contributed by atoms with Gasteiger partial charge < -0.3 is 5.32 Å². The third-order valence-corrected chi connectivity index (χ3v) is 6.96.